The van der Waals surface area contributed by atoms with Gasteiger partial charge in [0.25, 0.3) is 6.17 Å². The van der Waals surface area contributed by atoms with Crippen LogP contribution >= 0.6 is 0 Å². The molecule has 0 aromatic rings. The molecule has 1 atom stereocenters. The molecule has 0 spiro atoms. The van der Waals surface area contributed by atoms with Gasteiger partial charge in [-0.15, -0.1) is 0 Å². The van der Waals surface area contributed by atoms with Crippen molar-refractivity contribution in [3.63, 3.8) is 0 Å². The fourth-order valence-corrected chi connectivity index (χ4v) is 0.415. The van der Waals surface area contributed by atoms with Gasteiger partial charge in [0, 0.05) is 0 Å². The van der Waals surface area contributed by atoms with E-state index in [1.807, 2.05) is 0 Å². The minimum absolute atomic E-state index is 0. The second-order valence-electron chi connectivity index (χ2n) is 1.71. The zero-order valence-corrected chi connectivity index (χ0v) is 8.97. The molecule has 0 saturated heterocycles. The van der Waals surface area contributed by atoms with Crippen molar-refractivity contribution in [1.82, 2.24) is 0 Å². The molecule has 0 radical (unpaired) electrons. The van der Waals surface area contributed by atoms with Gasteiger partial charge in [-0.1, -0.05) is 0 Å². The van der Waals surface area contributed by atoms with Gasteiger partial charge in [-0.2, -0.15) is 0 Å². The number of esters is 1. The Morgan fingerprint density at radius 2 is 2.08 bits per heavy atom. The number of ether oxygens (including phenoxy) is 1. The standard InChI is InChI=1S/C6H8F2O3.Na.H/c1-2-11-6(10)5(8)4(9)3-7;;/h5H,2-3H2,1H3;;/q;+1;-1. The van der Waals surface area contributed by atoms with Gasteiger partial charge in [-0.05, 0) is 6.92 Å². The van der Waals surface area contributed by atoms with Crippen molar-refractivity contribution in [1.29, 1.82) is 0 Å². The largest absolute Gasteiger partial charge is 1.00 e. The summed E-state index contributed by atoms with van der Waals surface area (Å²) in [5.74, 6) is -2.72. The normalized spacial score (nSPS) is 11.2. The maximum Gasteiger partial charge on any atom is 1.00 e. The molecule has 0 N–H and O–H groups in total. The first kappa shape index (κ1) is 14.5. The Morgan fingerprint density at radius 1 is 1.58 bits per heavy atom. The summed E-state index contributed by atoms with van der Waals surface area (Å²) in [6, 6.07) is 0. The van der Waals surface area contributed by atoms with Crippen LogP contribution in [0.25, 0.3) is 0 Å². The molecule has 0 amide bonds. The van der Waals surface area contributed by atoms with Crippen LogP contribution in [0.2, 0.25) is 0 Å². The Kier molecular flexibility index (Phi) is 9.24. The number of ketones is 1. The van der Waals surface area contributed by atoms with E-state index in [0.29, 0.717) is 0 Å². The number of hydrogen-bond acceptors (Lipinski definition) is 3. The quantitative estimate of drug-likeness (QED) is 0.280. The minimum atomic E-state index is -2.47. The summed E-state index contributed by atoms with van der Waals surface area (Å²) >= 11 is 0. The zero-order valence-electron chi connectivity index (χ0n) is 7.97. The molecule has 0 aliphatic heterocycles. The Balaban J connectivity index is -0.000000500. The Bertz CT molecular complexity index is 168. The van der Waals surface area contributed by atoms with E-state index < -0.39 is 24.6 Å². The second kappa shape index (κ2) is 7.64. The molecule has 0 bridgehead atoms. The monoisotopic (exact) mass is 190 g/mol. The summed E-state index contributed by atoms with van der Waals surface area (Å²) in [4.78, 5) is 20.5. The van der Waals surface area contributed by atoms with Crippen molar-refractivity contribution in [3.05, 3.63) is 0 Å². The number of carbonyl (C=O) groups excluding carboxylic acids is 2. The predicted octanol–water partition coefficient (Wildman–Crippen LogP) is -2.46. The molecular formula is C6H9F2NaO3. The third kappa shape index (κ3) is 4.79. The number of alkyl halides is 2. The predicted molar refractivity (Wildman–Crippen MR) is 33.6 cm³/mol. The first-order chi connectivity index (χ1) is 5.13. The molecule has 0 aromatic carbocycles. The second-order valence-corrected chi connectivity index (χ2v) is 1.71. The smallest absolute Gasteiger partial charge is 1.00 e. The van der Waals surface area contributed by atoms with E-state index in [9.17, 15) is 18.4 Å². The van der Waals surface area contributed by atoms with E-state index in [2.05, 4.69) is 4.74 Å². The van der Waals surface area contributed by atoms with E-state index in [1.54, 1.807) is 0 Å². The summed E-state index contributed by atoms with van der Waals surface area (Å²) < 4.78 is 27.9. The molecule has 0 fully saturated rings. The van der Waals surface area contributed by atoms with Gasteiger partial charge in [-0.25, -0.2) is 13.6 Å². The van der Waals surface area contributed by atoms with Gasteiger partial charge in [0.15, 0.2) is 6.67 Å². The van der Waals surface area contributed by atoms with Gasteiger partial charge in [0.05, 0.1) is 6.61 Å². The van der Waals surface area contributed by atoms with Crippen molar-refractivity contribution in [2.45, 2.75) is 13.1 Å². The van der Waals surface area contributed by atoms with Crippen LogP contribution in [-0.2, 0) is 14.3 Å². The fourth-order valence-electron chi connectivity index (χ4n) is 0.415. The SMILES string of the molecule is CCOC(=O)C(F)C(=O)CF.[H-].[Na+]. The molecule has 0 heterocycles. The average molecular weight is 190 g/mol. The van der Waals surface area contributed by atoms with Crippen molar-refractivity contribution >= 4 is 11.8 Å². The van der Waals surface area contributed by atoms with Crippen LogP contribution in [0.4, 0.5) is 8.78 Å². The molecule has 0 aliphatic rings. The number of carbonyl (C=O) groups is 2. The van der Waals surface area contributed by atoms with Crippen LogP contribution < -0.4 is 29.6 Å². The summed E-state index contributed by atoms with van der Waals surface area (Å²) in [6.45, 7) is -0.0522. The van der Waals surface area contributed by atoms with E-state index in [1.165, 1.54) is 6.92 Å². The van der Waals surface area contributed by atoms with Crippen molar-refractivity contribution in [2.24, 2.45) is 0 Å². The van der Waals surface area contributed by atoms with E-state index in [0.717, 1.165) is 0 Å². The van der Waals surface area contributed by atoms with Gasteiger partial charge < -0.3 is 6.16 Å². The maximum atomic E-state index is 12.3. The molecule has 0 saturated carbocycles. The summed E-state index contributed by atoms with van der Waals surface area (Å²) in [5, 5.41) is 0. The van der Waals surface area contributed by atoms with E-state index >= 15 is 0 Å². The first-order valence-electron chi connectivity index (χ1n) is 3.02. The Morgan fingerprint density at radius 3 is 2.42 bits per heavy atom. The summed E-state index contributed by atoms with van der Waals surface area (Å²) in [5.41, 5.74) is 0. The molecule has 0 aliphatic carbocycles. The number of Topliss-reactive ketones (excluding diaryl/α,β-unsaturated/α-hetero) is 1. The van der Waals surface area contributed by atoms with Crippen LogP contribution in [0, 0.1) is 0 Å². The van der Waals surface area contributed by atoms with E-state index in [-0.39, 0.29) is 37.6 Å². The molecule has 0 rings (SSSR count). The van der Waals surface area contributed by atoms with Crippen molar-refractivity contribution < 1.29 is 54.1 Å². The molecule has 66 valence electrons. The molecule has 6 heteroatoms. The third-order valence-electron chi connectivity index (χ3n) is 0.908. The molecular weight excluding hydrogens is 181 g/mol. The first-order valence-corrected chi connectivity index (χ1v) is 3.02. The number of hydrogen-bond donors (Lipinski definition) is 0. The van der Waals surface area contributed by atoms with Gasteiger partial charge in [0.2, 0.25) is 5.78 Å². The minimum Gasteiger partial charge on any atom is -1.00 e. The number of rotatable bonds is 4. The van der Waals surface area contributed by atoms with Gasteiger partial charge in [-0.3, -0.25) is 4.79 Å². The Hall–Kier alpha value is -0.000000000000000222. The average Bonchev–Trinajstić information content (AvgIpc) is 2.02. The molecule has 1 unspecified atom stereocenters. The van der Waals surface area contributed by atoms with Gasteiger partial charge >= 0.3 is 35.5 Å². The molecule has 0 aromatic heterocycles. The van der Waals surface area contributed by atoms with Gasteiger partial charge in [0.1, 0.15) is 0 Å². The molecule has 12 heavy (non-hydrogen) atoms. The van der Waals surface area contributed by atoms with Crippen LogP contribution in [0.15, 0.2) is 0 Å². The van der Waals surface area contributed by atoms with Crippen LogP contribution in [0.3, 0.4) is 0 Å². The molecule has 3 nitrogen and oxygen atoms in total. The van der Waals surface area contributed by atoms with E-state index in [4.69, 9.17) is 0 Å². The topological polar surface area (TPSA) is 43.4 Å². The van der Waals surface area contributed by atoms with Crippen LogP contribution in [0.5, 0.6) is 0 Å². The van der Waals surface area contributed by atoms with Crippen molar-refractivity contribution in [3.8, 4) is 0 Å². The van der Waals surface area contributed by atoms with Crippen LogP contribution in [0.1, 0.15) is 8.35 Å². The fraction of sp³-hybridized carbons (Fsp3) is 0.667. The third-order valence-corrected chi connectivity index (χ3v) is 0.908. The van der Waals surface area contributed by atoms with Crippen molar-refractivity contribution in [2.75, 3.05) is 13.3 Å². The number of halogens is 2. The Labute approximate surface area is 92.2 Å². The maximum absolute atomic E-state index is 12.3. The summed E-state index contributed by atoms with van der Waals surface area (Å²) in [7, 11) is 0. The van der Waals surface area contributed by atoms with Crippen LogP contribution in [-0.4, -0.2) is 31.2 Å². The summed E-state index contributed by atoms with van der Waals surface area (Å²) in [6.07, 6.45) is -2.47. The zero-order chi connectivity index (χ0) is 8.85.